The molecule has 28 heavy (non-hydrogen) atoms. The fraction of sp³-hybridized carbons (Fsp3) is 0.217. The van der Waals surface area contributed by atoms with Gasteiger partial charge in [0.25, 0.3) is 5.91 Å². The van der Waals surface area contributed by atoms with Crippen molar-refractivity contribution in [3.8, 4) is 0 Å². The summed E-state index contributed by atoms with van der Waals surface area (Å²) in [6, 6.07) is 18.0. The van der Waals surface area contributed by atoms with E-state index in [-0.39, 0.29) is 5.91 Å². The predicted octanol–water partition coefficient (Wildman–Crippen LogP) is 6.72. The van der Waals surface area contributed by atoms with Gasteiger partial charge in [0.05, 0.1) is 10.4 Å². The molecule has 0 radical (unpaired) electrons. The summed E-state index contributed by atoms with van der Waals surface area (Å²) < 4.78 is 1.01. The number of nitrogens with zero attached hydrogens (tertiary/aromatic N) is 2. The number of hydrogen-bond donors (Lipinski definition) is 0. The number of fused-ring (bicyclic) bond motifs is 3. The molecule has 0 saturated heterocycles. The Balaban J connectivity index is 1.79. The average molecular weight is 409 g/mol. The largest absolute Gasteiger partial charge is 0.308 e. The average Bonchev–Trinajstić information content (AvgIpc) is 3.18. The van der Waals surface area contributed by atoms with Crippen molar-refractivity contribution in [2.24, 2.45) is 0 Å². The van der Waals surface area contributed by atoms with Crippen LogP contribution >= 0.6 is 22.9 Å². The van der Waals surface area contributed by atoms with Gasteiger partial charge in [0.1, 0.15) is 5.15 Å². The SMILES string of the molecule is CCCN(C(=O)c1cc2c(Cl)nc3ccccc3c2s1)c1ccc(CC)cc1. The normalized spacial score (nSPS) is 11.2. The smallest absolute Gasteiger partial charge is 0.268 e. The van der Waals surface area contributed by atoms with Gasteiger partial charge in [0.2, 0.25) is 0 Å². The summed E-state index contributed by atoms with van der Waals surface area (Å²) in [6.45, 7) is 4.88. The molecule has 2 aromatic carbocycles. The third-order valence-corrected chi connectivity index (χ3v) is 6.33. The predicted molar refractivity (Wildman–Crippen MR) is 120 cm³/mol. The van der Waals surface area contributed by atoms with Gasteiger partial charge < -0.3 is 4.90 Å². The summed E-state index contributed by atoms with van der Waals surface area (Å²) in [5.74, 6) is 0.00689. The Kier molecular flexibility index (Phi) is 5.33. The number of aryl methyl sites for hydroxylation is 1. The molecule has 0 unspecified atom stereocenters. The zero-order valence-corrected chi connectivity index (χ0v) is 17.5. The lowest BCUT2D eigenvalue weighted by molar-refractivity contribution is 0.0991. The van der Waals surface area contributed by atoms with Crippen molar-refractivity contribution < 1.29 is 4.79 Å². The van der Waals surface area contributed by atoms with Crippen LogP contribution in [0.4, 0.5) is 5.69 Å². The van der Waals surface area contributed by atoms with Gasteiger partial charge in [0, 0.05) is 27.7 Å². The lowest BCUT2D eigenvalue weighted by atomic mass is 10.1. The molecule has 0 aliphatic carbocycles. The highest BCUT2D eigenvalue weighted by Crippen LogP contribution is 2.36. The number of carbonyl (C=O) groups excluding carboxylic acids is 1. The molecule has 0 aliphatic rings. The van der Waals surface area contributed by atoms with Crippen molar-refractivity contribution in [1.29, 1.82) is 0 Å². The summed E-state index contributed by atoms with van der Waals surface area (Å²) in [5, 5.41) is 2.31. The van der Waals surface area contributed by atoms with Crippen LogP contribution in [0.2, 0.25) is 5.15 Å². The molecule has 5 heteroatoms. The van der Waals surface area contributed by atoms with E-state index in [1.165, 1.54) is 16.9 Å². The van der Waals surface area contributed by atoms with E-state index in [4.69, 9.17) is 11.6 Å². The topological polar surface area (TPSA) is 33.2 Å². The highest BCUT2D eigenvalue weighted by atomic mass is 35.5. The van der Waals surface area contributed by atoms with Gasteiger partial charge in [-0.1, -0.05) is 55.8 Å². The molecule has 0 N–H and O–H groups in total. The number of amides is 1. The maximum Gasteiger partial charge on any atom is 0.268 e. The van der Waals surface area contributed by atoms with Gasteiger partial charge in [-0.15, -0.1) is 11.3 Å². The maximum absolute atomic E-state index is 13.4. The molecule has 0 spiro atoms. The third kappa shape index (κ3) is 3.38. The van der Waals surface area contributed by atoms with Crippen LogP contribution in [0.3, 0.4) is 0 Å². The number of pyridine rings is 1. The first-order valence-electron chi connectivity index (χ1n) is 9.51. The monoisotopic (exact) mass is 408 g/mol. The van der Waals surface area contributed by atoms with Crippen LogP contribution in [0.1, 0.15) is 35.5 Å². The molecule has 0 aliphatic heterocycles. The van der Waals surface area contributed by atoms with E-state index in [0.717, 1.165) is 39.5 Å². The highest BCUT2D eigenvalue weighted by molar-refractivity contribution is 7.22. The fourth-order valence-electron chi connectivity index (χ4n) is 3.39. The molecule has 142 valence electrons. The summed E-state index contributed by atoms with van der Waals surface area (Å²) >= 11 is 7.91. The summed E-state index contributed by atoms with van der Waals surface area (Å²) in [4.78, 5) is 20.4. The van der Waals surface area contributed by atoms with Crippen molar-refractivity contribution in [3.63, 3.8) is 0 Å². The molecule has 2 aromatic heterocycles. The molecule has 2 heterocycles. The van der Waals surface area contributed by atoms with E-state index in [0.29, 0.717) is 16.6 Å². The van der Waals surface area contributed by atoms with E-state index in [2.05, 4.69) is 31.0 Å². The van der Waals surface area contributed by atoms with Gasteiger partial charge in [-0.05, 0) is 42.7 Å². The first-order valence-corrected chi connectivity index (χ1v) is 10.7. The number of anilines is 1. The molecule has 0 bridgehead atoms. The number of rotatable bonds is 5. The molecule has 0 fully saturated rings. The van der Waals surface area contributed by atoms with Gasteiger partial charge in [-0.2, -0.15) is 0 Å². The zero-order chi connectivity index (χ0) is 19.7. The fourth-order valence-corrected chi connectivity index (χ4v) is 4.83. The highest BCUT2D eigenvalue weighted by Gasteiger charge is 2.21. The first kappa shape index (κ1) is 18.9. The molecule has 4 rings (SSSR count). The number of carbonyl (C=O) groups is 1. The Morgan fingerprint density at radius 3 is 2.54 bits per heavy atom. The zero-order valence-electron chi connectivity index (χ0n) is 15.9. The number of aromatic nitrogens is 1. The second-order valence-electron chi connectivity index (χ2n) is 6.75. The Morgan fingerprint density at radius 2 is 1.82 bits per heavy atom. The second kappa shape index (κ2) is 7.90. The van der Waals surface area contributed by atoms with Crippen molar-refractivity contribution in [2.45, 2.75) is 26.7 Å². The molecular weight excluding hydrogens is 388 g/mol. The van der Waals surface area contributed by atoms with Crippen LogP contribution in [0.25, 0.3) is 21.0 Å². The van der Waals surface area contributed by atoms with E-state index in [9.17, 15) is 4.79 Å². The van der Waals surface area contributed by atoms with Crippen LogP contribution in [0.15, 0.2) is 54.6 Å². The van der Waals surface area contributed by atoms with Crippen LogP contribution in [0.5, 0.6) is 0 Å². The maximum atomic E-state index is 13.4. The Hall–Kier alpha value is -2.43. The van der Waals surface area contributed by atoms with Gasteiger partial charge >= 0.3 is 0 Å². The quantitative estimate of drug-likeness (QED) is 0.343. The van der Waals surface area contributed by atoms with Crippen molar-refractivity contribution in [3.05, 3.63) is 70.2 Å². The number of halogens is 1. The number of thiophene rings is 1. The van der Waals surface area contributed by atoms with E-state index < -0.39 is 0 Å². The lowest BCUT2D eigenvalue weighted by Gasteiger charge is -2.22. The first-order chi connectivity index (χ1) is 13.6. The van der Waals surface area contributed by atoms with Crippen LogP contribution in [-0.4, -0.2) is 17.4 Å². The van der Waals surface area contributed by atoms with Crippen molar-refractivity contribution in [2.75, 3.05) is 11.4 Å². The summed E-state index contributed by atoms with van der Waals surface area (Å²) in [5.41, 5.74) is 3.04. The minimum Gasteiger partial charge on any atom is -0.308 e. The molecular formula is C23H21ClN2OS. The Labute approximate surface area is 173 Å². The van der Waals surface area contributed by atoms with Gasteiger partial charge in [0.15, 0.2) is 0 Å². The Morgan fingerprint density at radius 1 is 1.07 bits per heavy atom. The van der Waals surface area contributed by atoms with E-state index >= 15 is 0 Å². The number of para-hydroxylation sites is 1. The minimum absolute atomic E-state index is 0.00689. The molecule has 4 aromatic rings. The summed E-state index contributed by atoms with van der Waals surface area (Å²) in [6.07, 6.45) is 1.87. The van der Waals surface area contributed by atoms with Crippen molar-refractivity contribution in [1.82, 2.24) is 4.98 Å². The third-order valence-electron chi connectivity index (χ3n) is 4.88. The Bertz CT molecular complexity index is 1150. The van der Waals surface area contributed by atoms with E-state index in [1.54, 1.807) is 0 Å². The summed E-state index contributed by atoms with van der Waals surface area (Å²) in [7, 11) is 0. The van der Waals surface area contributed by atoms with Crippen molar-refractivity contribution >= 4 is 55.5 Å². The number of hydrogen-bond acceptors (Lipinski definition) is 3. The van der Waals surface area contributed by atoms with Crippen LogP contribution in [0, 0.1) is 0 Å². The molecule has 1 amide bonds. The molecule has 3 nitrogen and oxygen atoms in total. The van der Waals surface area contributed by atoms with Gasteiger partial charge in [-0.3, -0.25) is 4.79 Å². The van der Waals surface area contributed by atoms with E-state index in [1.807, 2.05) is 47.4 Å². The number of benzene rings is 2. The van der Waals surface area contributed by atoms with Gasteiger partial charge in [-0.25, -0.2) is 4.98 Å². The minimum atomic E-state index is 0.00689. The molecule has 0 saturated carbocycles. The molecule has 0 atom stereocenters. The second-order valence-corrected chi connectivity index (χ2v) is 8.16. The standard InChI is InChI=1S/C23H21ClN2OS/c1-3-13-26(16-11-9-15(4-2)10-12-16)23(27)20-14-18-21(28-20)17-7-5-6-8-19(17)25-22(18)24/h5-12,14H,3-4,13H2,1-2H3. The lowest BCUT2D eigenvalue weighted by Crippen LogP contribution is -2.31. The van der Waals surface area contributed by atoms with Crippen LogP contribution < -0.4 is 4.90 Å². The van der Waals surface area contributed by atoms with Crippen LogP contribution in [-0.2, 0) is 6.42 Å².